The van der Waals surface area contributed by atoms with Crippen molar-refractivity contribution in [1.82, 2.24) is 9.97 Å². The fraction of sp³-hybridized carbons (Fsp3) is 0.0909. The van der Waals surface area contributed by atoms with Crippen LogP contribution >= 0.6 is 27.5 Å². The summed E-state index contributed by atoms with van der Waals surface area (Å²) >= 11 is 9.16. The Balaban J connectivity index is 2.46. The molecule has 0 atom stereocenters. The first-order valence-corrected chi connectivity index (χ1v) is 5.70. The van der Waals surface area contributed by atoms with Crippen LogP contribution in [0.15, 0.2) is 34.9 Å². The summed E-state index contributed by atoms with van der Waals surface area (Å²) in [5.41, 5.74) is 0.869. The Labute approximate surface area is 107 Å². The zero-order valence-electron chi connectivity index (χ0n) is 8.45. The quantitative estimate of drug-likeness (QED) is 0.795. The average Bonchev–Trinajstić information content (AvgIpc) is 2.33. The second kappa shape index (κ2) is 4.80. The highest BCUT2D eigenvalue weighted by atomic mass is 79.9. The summed E-state index contributed by atoms with van der Waals surface area (Å²) in [5, 5.41) is 0.396. The van der Waals surface area contributed by atoms with Crippen molar-refractivity contribution < 1.29 is 4.74 Å². The molecule has 0 radical (unpaired) electrons. The molecule has 0 unspecified atom stereocenters. The molecule has 0 spiro atoms. The van der Waals surface area contributed by atoms with Crippen molar-refractivity contribution in [3.63, 3.8) is 0 Å². The van der Waals surface area contributed by atoms with Gasteiger partial charge in [0.25, 0.3) is 0 Å². The van der Waals surface area contributed by atoms with E-state index in [4.69, 9.17) is 16.3 Å². The van der Waals surface area contributed by atoms with Gasteiger partial charge in [0.05, 0.1) is 11.6 Å². The molecule has 2 aromatic rings. The van der Waals surface area contributed by atoms with E-state index in [1.54, 1.807) is 13.3 Å². The van der Waals surface area contributed by atoms with E-state index in [-0.39, 0.29) is 0 Å². The molecule has 0 fully saturated rings. The zero-order chi connectivity index (χ0) is 11.5. The molecule has 1 heterocycles. The van der Waals surface area contributed by atoms with E-state index >= 15 is 0 Å². The molecule has 0 aliphatic carbocycles. The van der Waals surface area contributed by atoms with Crippen molar-refractivity contribution in [3.8, 4) is 17.1 Å². The number of halogens is 2. The van der Waals surface area contributed by atoms with Crippen LogP contribution in [0.2, 0.25) is 5.15 Å². The number of hydrogen-bond donors (Lipinski definition) is 0. The van der Waals surface area contributed by atoms with Gasteiger partial charge in [0.1, 0.15) is 10.9 Å². The number of rotatable bonds is 2. The highest BCUT2D eigenvalue weighted by Crippen LogP contribution is 2.24. The van der Waals surface area contributed by atoms with Crippen LogP contribution < -0.4 is 4.74 Å². The lowest BCUT2D eigenvalue weighted by Crippen LogP contribution is -1.90. The molecule has 1 aromatic heterocycles. The number of ether oxygens (including phenoxy) is 1. The van der Waals surface area contributed by atoms with Crippen molar-refractivity contribution >= 4 is 27.5 Å². The average molecular weight is 300 g/mol. The van der Waals surface area contributed by atoms with Gasteiger partial charge in [0.2, 0.25) is 0 Å². The summed E-state index contributed by atoms with van der Waals surface area (Å²) in [7, 11) is 1.62. The van der Waals surface area contributed by atoms with Gasteiger partial charge in [0, 0.05) is 11.8 Å². The molecule has 0 amide bonds. The van der Waals surface area contributed by atoms with E-state index in [0.29, 0.717) is 15.5 Å². The number of aromatic nitrogens is 2. The first-order valence-electron chi connectivity index (χ1n) is 4.53. The van der Waals surface area contributed by atoms with Crippen molar-refractivity contribution in [1.29, 1.82) is 0 Å². The standard InChI is InChI=1S/C11H8BrClN2O/c1-16-8-4-2-3-7(5-8)11-14-6-9(12)10(13)15-11/h2-6H,1H3. The van der Waals surface area contributed by atoms with Gasteiger partial charge in [-0.25, -0.2) is 9.97 Å². The van der Waals surface area contributed by atoms with Gasteiger partial charge in [-0.2, -0.15) is 0 Å². The minimum absolute atomic E-state index is 0.396. The minimum Gasteiger partial charge on any atom is -0.497 e. The monoisotopic (exact) mass is 298 g/mol. The van der Waals surface area contributed by atoms with Gasteiger partial charge in [-0.1, -0.05) is 23.7 Å². The van der Waals surface area contributed by atoms with Gasteiger partial charge in [-0.15, -0.1) is 0 Å². The lowest BCUT2D eigenvalue weighted by atomic mass is 10.2. The molecule has 1 aromatic carbocycles. The van der Waals surface area contributed by atoms with E-state index in [0.717, 1.165) is 11.3 Å². The lowest BCUT2D eigenvalue weighted by molar-refractivity contribution is 0.415. The third-order valence-electron chi connectivity index (χ3n) is 2.03. The molecule has 0 bridgehead atoms. The van der Waals surface area contributed by atoms with Gasteiger partial charge in [-0.05, 0) is 28.1 Å². The van der Waals surface area contributed by atoms with Crippen LogP contribution in [0, 0.1) is 0 Å². The summed E-state index contributed by atoms with van der Waals surface area (Å²) in [4.78, 5) is 8.36. The second-order valence-corrected chi connectivity index (χ2v) is 4.28. The third-order valence-corrected chi connectivity index (χ3v) is 3.13. The molecule has 2 rings (SSSR count). The summed E-state index contributed by atoms with van der Waals surface area (Å²) in [6.07, 6.45) is 1.63. The Kier molecular flexibility index (Phi) is 3.41. The van der Waals surface area contributed by atoms with E-state index in [1.807, 2.05) is 24.3 Å². The van der Waals surface area contributed by atoms with Gasteiger partial charge in [-0.3, -0.25) is 0 Å². The van der Waals surface area contributed by atoms with Gasteiger partial charge in [0.15, 0.2) is 5.82 Å². The number of nitrogens with zero attached hydrogens (tertiary/aromatic N) is 2. The molecule has 3 nitrogen and oxygen atoms in total. The molecular formula is C11H8BrClN2O. The Morgan fingerprint density at radius 1 is 1.38 bits per heavy atom. The minimum atomic E-state index is 0.396. The van der Waals surface area contributed by atoms with Crippen LogP contribution in [-0.4, -0.2) is 17.1 Å². The molecule has 5 heteroatoms. The molecule has 0 aliphatic heterocycles. The smallest absolute Gasteiger partial charge is 0.161 e. The van der Waals surface area contributed by atoms with Crippen molar-refractivity contribution in [2.24, 2.45) is 0 Å². The highest BCUT2D eigenvalue weighted by molar-refractivity contribution is 9.10. The fourth-order valence-electron chi connectivity index (χ4n) is 1.25. The largest absolute Gasteiger partial charge is 0.497 e. The zero-order valence-corrected chi connectivity index (χ0v) is 10.8. The molecule has 0 N–H and O–H groups in total. The number of hydrogen-bond acceptors (Lipinski definition) is 3. The summed E-state index contributed by atoms with van der Waals surface area (Å²) in [6, 6.07) is 7.51. The van der Waals surface area contributed by atoms with E-state index in [9.17, 15) is 0 Å². The van der Waals surface area contributed by atoms with E-state index in [2.05, 4.69) is 25.9 Å². The SMILES string of the molecule is COc1cccc(-c2ncc(Br)c(Cl)n2)c1. The normalized spacial score (nSPS) is 10.2. The maximum Gasteiger partial charge on any atom is 0.161 e. The summed E-state index contributed by atoms with van der Waals surface area (Å²) in [6.45, 7) is 0. The molecule has 0 saturated heterocycles. The van der Waals surface area contributed by atoms with Crippen molar-refractivity contribution in [3.05, 3.63) is 40.1 Å². The molecule has 16 heavy (non-hydrogen) atoms. The predicted molar refractivity (Wildman–Crippen MR) is 66.7 cm³/mol. The van der Waals surface area contributed by atoms with Crippen LogP contribution in [0.5, 0.6) is 5.75 Å². The topological polar surface area (TPSA) is 35.0 Å². The Morgan fingerprint density at radius 2 is 2.19 bits per heavy atom. The fourth-order valence-corrected chi connectivity index (χ4v) is 1.57. The Hall–Kier alpha value is -1.13. The van der Waals surface area contributed by atoms with Crippen LogP contribution in [0.25, 0.3) is 11.4 Å². The second-order valence-electron chi connectivity index (χ2n) is 3.06. The molecule has 82 valence electrons. The van der Waals surface area contributed by atoms with Crippen LogP contribution in [0.4, 0.5) is 0 Å². The van der Waals surface area contributed by atoms with Crippen molar-refractivity contribution in [2.75, 3.05) is 7.11 Å². The first kappa shape index (κ1) is 11.4. The summed E-state index contributed by atoms with van der Waals surface area (Å²) < 4.78 is 5.81. The maximum absolute atomic E-state index is 5.91. The number of benzene rings is 1. The van der Waals surface area contributed by atoms with E-state index < -0.39 is 0 Å². The van der Waals surface area contributed by atoms with Gasteiger partial charge >= 0.3 is 0 Å². The van der Waals surface area contributed by atoms with E-state index in [1.165, 1.54) is 0 Å². The maximum atomic E-state index is 5.91. The van der Waals surface area contributed by atoms with Crippen molar-refractivity contribution in [2.45, 2.75) is 0 Å². The predicted octanol–water partition coefficient (Wildman–Crippen LogP) is 3.57. The Morgan fingerprint density at radius 3 is 2.88 bits per heavy atom. The van der Waals surface area contributed by atoms with Crippen LogP contribution in [0.1, 0.15) is 0 Å². The third kappa shape index (κ3) is 2.33. The number of methoxy groups -OCH3 is 1. The Bertz CT molecular complexity index is 519. The summed E-state index contributed by atoms with van der Waals surface area (Å²) in [5.74, 6) is 1.34. The van der Waals surface area contributed by atoms with Crippen LogP contribution in [-0.2, 0) is 0 Å². The first-order chi connectivity index (χ1) is 7.70. The molecule has 0 aliphatic rings. The van der Waals surface area contributed by atoms with Crippen LogP contribution in [0.3, 0.4) is 0 Å². The molecular weight excluding hydrogens is 291 g/mol. The highest BCUT2D eigenvalue weighted by Gasteiger charge is 2.05. The van der Waals surface area contributed by atoms with Gasteiger partial charge < -0.3 is 4.74 Å². The lowest BCUT2D eigenvalue weighted by Gasteiger charge is -2.04. The molecule has 0 saturated carbocycles.